The summed E-state index contributed by atoms with van der Waals surface area (Å²) in [6.45, 7) is 4.11. The average molecular weight is 495 g/mol. The predicted octanol–water partition coefficient (Wildman–Crippen LogP) is -0.835. The van der Waals surface area contributed by atoms with Crippen LogP contribution in [0.5, 0.6) is 0 Å². The van der Waals surface area contributed by atoms with Crippen LogP contribution in [0, 0.1) is 10.1 Å². The minimum Gasteiger partial charge on any atom is -0.379 e. The van der Waals surface area contributed by atoms with Crippen LogP contribution < -0.4 is 22.2 Å². The quantitative estimate of drug-likeness (QED) is 0.138. The number of hydrogen-bond acceptors (Lipinski definition) is 11. The maximum Gasteiger partial charge on any atom is 0.296 e. The smallest absolute Gasteiger partial charge is 0.296 e. The highest BCUT2D eigenvalue weighted by atomic mass is 17.0. The van der Waals surface area contributed by atoms with Gasteiger partial charge in [-0.1, -0.05) is 0 Å². The molecule has 0 saturated heterocycles. The summed E-state index contributed by atoms with van der Waals surface area (Å²) in [4.78, 5) is 64.7. The molecule has 0 spiro atoms. The molecule has 14 heteroatoms. The van der Waals surface area contributed by atoms with Crippen LogP contribution in [0.15, 0.2) is 31.3 Å². The third-order valence-electron chi connectivity index (χ3n) is 5.13. The van der Waals surface area contributed by atoms with E-state index in [4.69, 9.17) is 18.9 Å². The van der Waals surface area contributed by atoms with Crippen molar-refractivity contribution in [1.29, 1.82) is 0 Å². The molecule has 0 saturated carbocycles. The second kappa shape index (κ2) is 12.3. The Kier molecular flexibility index (Phi) is 9.19. The monoisotopic (exact) mass is 495 g/mol. The molecule has 0 N–H and O–H groups in total. The number of nitrogens with zero attached hydrogens (tertiary/aromatic N) is 3. The van der Waals surface area contributed by atoms with E-state index in [-0.39, 0.29) is 41.3 Å². The van der Waals surface area contributed by atoms with E-state index in [0.29, 0.717) is 44.2 Å². The molecular weight excluding hydrogens is 470 g/mol. The molecule has 0 fully saturated rings. The molecule has 2 heterocycles. The molecule has 0 atom stereocenters. The zero-order valence-electron chi connectivity index (χ0n) is 19.1. The first kappa shape index (κ1) is 26.2. The summed E-state index contributed by atoms with van der Waals surface area (Å²) in [5, 5.41) is 8.92. The van der Waals surface area contributed by atoms with Crippen LogP contribution in [0.25, 0.3) is 21.5 Å². The molecular formula is C21H25N3O11. The van der Waals surface area contributed by atoms with Gasteiger partial charge in [0.1, 0.15) is 0 Å². The first-order chi connectivity index (χ1) is 16.9. The van der Waals surface area contributed by atoms with Crippen molar-refractivity contribution in [3.8, 4) is 0 Å². The molecule has 190 valence electrons. The van der Waals surface area contributed by atoms with Crippen molar-refractivity contribution in [2.24, 2.45) is 0 Å². The maximum absolute atomic E-state index is 12.7. The minimum atomic E-state index is -1.14. The second-order valence-corrected chi connectivity index (χ2v) is 7.26. The van der Waals surface area contributed by atoms with E-state index in [1.54, 1.807) is 0 Å². The molecule has 35 heavy (non-hydrogen) atoms. The third kappa shape index (κ3) is 6.16. The van der Waals surface area contributed by atoms with Crippen molar-refractivity contribution in [3.63, 3.8) is 0 Å². The van der Waals surface area contributed by atoms with Gasteiger partial charge in [0.25, 0.3) is 27.3 Å². The number of rotatable bonds is 16. The van der Waals surface area contributed by atoms with E-state index in [2.05, 4.69) is 4.84 Å². The van der Waals surface area contributed by atoms with E-state index in [0.717, 1.165) is 16.7 Å². The average Bonchev–Trinajstić information content (AvgIpc) is 3.21. The van der Waals surface area contributed by atoms with E-state index >= 15 is 0 Å². The van der Waals surface area contributed by atoms with Crippen LogP contribution >= 0.6 is 0 Å². The van der Waals surface area contributed by atoms with E-state index < -0.39 is 34.1 Å². The topological polar surface area (TPSA) is 167 Å². The highest BCUT2D eigenvalue weighted by molar-refractivity contribution is 5.97. The summed E-state index contributed by atoms with van der Waals surface area (Å²) in [5.41, 5.74) is -2.96. The van der Waals surface area contributed by atoms with Gasteiger partial charge in [-0.25, -0.2) is 4.57 Å². The fourth-order valence-corrected chi connectivity index (χ4v) is 3.46. The van der Waals surface area contributed by atoms with Gasteiger partial charge in [-0.3, -0.25) is 28.6 Å². The predicted molar refractivity (Wildman–Crippen MR) is 122 cm³/mol. The molecule has 2 aromatic heterocycles. The standard InChI is InChI=1S/C21H25N3O11/c1-2-31-5-6-33-9-10-34-8-7-32-4-3-22-18(25)14-11-16-17(12-15(14)19(22)26)21(28)23(20(16)27)13-35-24(29)30/h11-12H,2-10,13H2,1H3. The van der Waals surface area contributed by atoms with Gasteiger partial charge in [0.15, 0.2) is 6.73 Å². The fraction of sp³-hybridized carbons (Fsp3) is 0.524. The molecule has 3 aromatic rings. The summed E-state index contributed by atoms with van der Waals surface area (Å²) in [7, 11) is 0. The summed E-state index contributed by atoms with van der Waals surface area (Å²) in [6.07, 6.45) is 0. The Morgan fingerprint density at radius 2 is 1.09 bits per heavy atom. The number of ether oxygens (including phenoxy) is 4. The minimum absolute atomic E-state index is 0.0256. The van der Waals surface area contributed by atoms with Crippen LogP contribution in [0.1, 0.15) is 6.92 Å². The SMILES string of the molecule is CCOCCOCCOCCOCCn1c(=O)c2cc3c(=O)n(CO[N+](=O)[O-])c(=O)c3cc2c1=O. The number of benzene rings is 1. The number of hydrogen-bond donors (Lipinski definition) is 0. The first-order valence-electron chi connectivity index (χ1n) is 10.9. The largest absolute Gasteiger partial charge is 0.379 e. The Labute approximate surface area is 196 Å². The van der Waals surface area contributed by atoms with Gasteiger partial charge in [0, 0.05) is 6.61 Å². The Hall–Kier alpha value is -3.46. The van der Waals surface area contributed by atoms with Gasteiger partial charge in [-0.15, -0.1) is 10.1 Å². The van der Waals surface area contributed by atoms with Crippen molar-refractivity contribution in [2.45, 2.75) is 20.2 Å². The van der Waals surface area contributed by atoms with Crippen molar-refractivity contribution in [3.05, 3.63) is 63.7 Å². The Bertz CT molecular complexity index is 1290. The Morgan fingerprint density at radius 3 is 1.51 bits per heavy atom. The lowest BCUT2D eigenvalue weighted by atomic mass is 10.1. The molecule has 0 radical (unpaired) electrons. The molecule has 0 bridgehead atoms. The van der Waals surface area contributed by atoms with E-state index in [1.807, 2.05) is 6.92 Å². The molecule has 0 aliphatic rings. The van der Waals surface area contributed by atoms with Gasteiger partial charge < -0.3 is 18.9 Å². The lowest BCUT2D eigenvalue weighted by Gasteiger charge is -2.07. The Morgan fingerprint density at radius 1 is 0.686 bits per heavy atom. The van der Waals surface area contributed by atoms with Crippen LogP contribution in [0.3, 0.4) is 0 Å². The zero-order valence-corrected chi connectivity index (χ0v) is 19.1. The number of aromatic nitrogens is 2. The van der Waals surface area contributed by atoms with E-state index in [1.165, 1.54) is 0 Å². The van der Waals surface area contributed by atoms with Gasteiger partial charge in [-0.2, -0.15) is 0 Å². The van der Waals surface area contributed by atoms with E-state index in [9.17, 15) is 29.3 Å². The summed E-state index contributed by atoms with van der Waals surface area (Å²) in [6, 6.07) is 2.31. The van der Waals surface area contributed by atoms with Crippen LogP contribution in [0.4, 0.5) is 0 Å². The van der Waals surface area contributed by atoms with Gasteiger partial charge in [0.05, 0.1) is 74.3 Å². The molecule has 14 nitrogen and oxygen atoms in total. The van der Waals surface area contributed by atoms with Crippen molar-refractivity contribution in [2.75, 3.05) is 52.9 Å². The molecule has 3 rings (SSSR count). The Balaban J connectivity index is 1.57. The zero-order chi connectivity index (χ0) is 25.4. The normalized spacial score (nSPS) is 11.6. The molecule has 0 aliphatic carbocycles. The van der Waals surface area contributed by atoms with Gasteiger partial charge >= 0.3 is 0 Å². The summed E-state index contributed by atoms with van der Waals surface area (Å²) >= 11 is 0. The van der Waals surface area contributed by atoms with Gasteiger partial charge in [-0.05, 0) is 19.1 Å². The highest BCUT2D eigenvalue weighted by Gasteiger charge is 2.19. The molecule has 0 aliphatic heterocycles. The fourth-order valence-electron chi connectivity index (χ4n) is 3.46. The molecule has 0 unspecified atom stereocenters. The maximum atomic E-state index is 12.7. The lowest BCUT2D eigenvalue weighted by Crippen LogP contribution is -2.28. The van der Waals surface area contributed by atoms with Crippen LogP contribution in [0.2, 0.25) is 0 Å². The third-order valence-corrected chi connectivity index (χ3v) is 5.13. The van der Waals surface area contributed by atoms with Crippen molar-refractivity contribution >= 4 is 21.5 Å². The van der Waals surface area contributed by atoms with Crippen LogP contribution in [-0.4, -0.2) is 67.1 Å². The highest BCUT2D eigenvalue weighted by Crippen LogP contribution is 2.14. The molecule has 0 amide bonds. The second-order valence-electron chi connectivity index (χ2n) is 7.26. The summed E-state index contributed by atoms with van der Waals surface area (Å²) in [5.74, 6) is 0. The summed E-state index contributed by atoms with van der Waals surface area (Å²) < 4.78 is 22.7. The van der Waals surface area contributed by atoms with Crippen molar-refractivity contribution < 1.29 is 28.9 Å². The van der Waals surface area contributed by atoms with Crippen molar-refractivity contribution in [1.82, 2.24) is 9.13 Å². The number of fused-ring (bicyclic) bond motifs is 2. The van der Waals surface area contributed by atoms with Gasteiger partial charge in [0.2, 0.25) is 0 Å². The molecule has 1 aromatic carbocycles. The van der Waals surface area contributed by atoms with Crippen LogP contribution in [-0.2, 0) is 37.1 Å². The first-order valence-corrected chi connectivity index (χ1v) is 10.9. The lowest BCUT2D eigenvalue weighted by molar-refractivity contribution is -0.767.